The quantitative estimate of drug-likeness (QED) is 0.189. The maximum Gasteiger partial charge on any atom is 0.148 e. The summed E-state index contributed by atoms with van der Waals surface area (Å²) < 4.78 is 16.3. The predicted molar refractivity (Wildman–Crippen MR) is 163 cm³/mol. The van der Waals surface area contributed by atoms with E-state index in [0.717, 1.165) is 41.7 Å². The van der Waals surface area contributed by atoms with Crippen molar-refractivity contribution in [2.45, 2.75) is 77.4 Å². The zero-order valence-electron chi connectivity index (χ0n) is 24.1. The van der Waals surface area contributed by atoms with Crippen molar-refractivity contribution in [2.24, 2.45) is 0 Å². The molecule has 0 radical (unpaired) electrons. The van der Waals surface area contributed by atoms with Crippen LogP contribution in [0.3, 0.4) is 0 Å². The summed E-state index contributed by atoms with van der Waals surface area (Å²) in [5.74, 6) is 1.99. The lowest BCUT2D eigenvalue weighted by atomic mass is 9.80. The Hall–Kier alpha value is -3.31. The van der Waals surface area contributed by atoms with Crippen LogP contribution in [0.1, 0.15) is 32.0 Å². The number of benzene rings is 2. The number of halogens is 1. The fourth-order valence-corrected chi connectivity index (χ4v) is 5.71. The number of nitrogens with zero attached hydrogens (tertiary/aromatic N) is 6. The highest BCUT2D eigenvalue weighted by molar-refractivity contribution is 6.77. The van der Waals surface area contributed by atoms with Crippen LogP contribution in [0, 0.1) is 6.92 Å². The Bertz CT molecular complexity index is 1740. The first-order valence-electron chi connectivity index (χ1n) is 14.0. The van der Waals surface area contributed by atoms with E-state index in [-0.39, 0.29) is 5.73 Å². The van der Waals surface area contributed by atoms with Gasteiger partial charge in [0.15, 0.2) is 0 Å². The van der Waals surface area contributed by atoms with Gasteiger partial charge in [-0.05, 0) is 57.4 Å². The Morgan fingerprint density at radius 1 is 1.10 bits per heavy atom. The van der Waals surface area contributed by atoms with Crippen molar-refractivity contribution in [1.82, 2.24) is 29.3 Å². The minimum absolute atomic E-state index is 0.233. The smallest absolute Gasteiger partial charge is 0.148 e. The van der Waals surface area contributed by atoms with Crippen molar-refractivity contribution >= 4 is 41.7 Å². The first-order chi connectivity index (χ1) is 19.5. The van der Waals surface area contributed by atoms with E-state index in [1.165, 1.54) is 0 Å². The molecule has 1 aliphatic rings. The molecule has 11 heteroatoms. The summed E-state index contributed by atoms with van der Waals surface area (Å²) in [7, 11) is -1.40. The molecule has 0 saturated heterocycles. The van der Waals surface area contributed by atoms with E-state index in [4.69, 9.17) is 31.0 Å². The summed E-state index contributed by atoms with van der Waals surface area (Å²) in [5.41, 5.74) is 4.06. The second-order valence-electron chi connectivity index (χ2n) is 12.1. The van der Waals surface area contributed by atoms with E-state index in [1.54, 1.807) is 23.1 Å². The molecule has 6 rings (SSSR count). The summed E-state index contributed by atoms with van der Waals surface area (Å²) in [6, 6.07) is 9.47. The molecule has 214 valence electrons. The van der Waals surface area contributed by atoms with Gasteiger partial charge in [0.1, 0.15) is 34.6 Å². The van der Waals surface area contributed by atoms with Gasteiger partial charge in [-0.25, -0.2) is 9.97 Å². The largest absolute Gasteiger partial charge is 0.456 e. The van der Waals surface area contributed by atoms with Gasteiger partial charge in [-0.3, -0.25) is 9.67 Å². The second-order valence-corrected chi connectivity index (χ2v) is 18.1. The standard InChI is InChI=1S/C30H35ClN6O3Si/c1-19-34-24-13-22(7-9-26(24)37(19)18-39-20(2)41(3,4)5)40-27-10-8-23-29(28(27)31)35-25(15-32-23)21-14-33-36(16-21)17-30(38)11-6-12-30/h7-10,13-16,20,38H,6,11-12,17-18H2,1-5H3. The number of rotatable bonds is 9. The molecule has 1 atom stereocenters. The van der Waals surface area contributed by atoms with Crippen molar-refractivity contribution in [2.75, 3.05) is 0 Å². The number of imidazole rings is 1. The summed E-state index contributed by atoms with van der Waals surface area (Å²) >= 11 is 6.81. The van der Waals surface area contributed by atoms with E-state index < -0.39 is 13.7 Å². The number of hydrogen-bond donors (Lipinski definition) is 1. The maximum absolute atomic E-state index is 10.5. The van der Waals surface area contributed by atoms with Crippen LogP contribution < -0.4 is 4.74 Å². The van der Waals surface area contributed by atoms with Crippen LogP contribution in [-0.4, -0.2) is 53.8 Å². The van der Waals surface area contributed by atoms with Crippen LogP contribution in [0.15, 0.2) is 48.9 Å². The molecule has 1 fully saturated rings. The molecule has 41 heavy (non-hydrogen) atoms. The molecule has 5 aromatic rings. The lowest BCUT2D eigenvalue weighted by molar-refractivity contribution is -0.0498. The summed E-state index contributed by atoms with van der Waals surface area (Å²) in [6.07, 6.45) is 7.98. The van der Waals surface area contributed by atoms with E-state index >= 15 is 0 Å². The minimum atomic E-state index is -1.40. The van der Waals surface area contributed by atoms with E-state index in [1.807, 2.05) is 37.4 Å². The monoisotopic (exact) mass is 590 g/mol. The van der Waals surface area contributed by atoms with Crippen molar-refractivity contribution in [3.05, 3.63) is 59.8 Å². The van der Waals surface area contributed by atoms with Crippen molar-refractivity contribution < 1.29 is 14.6 Å². The highest BCUT2D eigenvalue weighted by Crippen LogP contribution is 2.36. The fraction of sp³-hybridized carbons (Fsp3) is 0.400. The topological polar surface area (TPSA) is 100 Å². The molecule has 0 bridgehead atoms. The average molecular weight is 591 g/mol. The number of ether oxygens (including phenoxy) is 2. The number of fused-ring (bicyclic) bond motifs is 2. The molecule has 9 nitrogen and oxygen atoms in total. The molecule has 3 heterocycles. The van der Waals surface area contributed by atoms with E-state index in [2.05, 4.69) is 41.2 Å². The van der Waals surface area contributed by atoms with Crippen molar-refractivity contribution in [1.29, 1.82) is 0 Å². The molecule has 0 aliphatic heterocycles. The Kier molecular flexibility index (Phi) is 7.13. The third-order valence-corrected chi connectivity index (χ3v) is 11.1. The van der Waals surface area contributed by atoms with Crippen LogP contribution in [0.25, 0.3) is 33.3 Å². The molecular weight excluding hydrogens is 556 g/mol. The third kappa shape index (κ3) is 5.61. The summed E-state index contributed by atoms with van der Waals surface area (Å²) in [6.45, 7) is 12.0. The zero-order valence-corrected chi connectivity index (χ0v) is 25.8. The van der Waals surface area contributed by atoms with Crippen LogP contribution in [-0.2, 0) is 18.0 Å². The maximum atomic E-state index is 10.5. The third-order valence-electron chi connectivity index (χ3n) is 8.10. The Labute approximate surface area is 245 Å². The zero-order chi connectivity index (χ0) is 28.9. The first kappa shape index (κ1) is 27.8. The molecule has 1 saturated carbocycles. The number of aliphatic hydroxyl groups is 1. The molecule has 0 amide bonds. The van der Waals surface area contributed by atoms with Gasteiger partial charge in [0.2, 0.25) is 0 Å². The van der Waals surface area contributed by atoms with Crippen LogP contribution in [0.5, 0.6) is 11.5 Å². The van der Waals surface area contributed by atoms with Gasteiger partial charge in [-0.2, -0.15) is 5.10 Å². The molecule has 0 spiro atoms. The fourth-order valence-electron chi connectivity index (χ4n) is 4.89. The van der Waals surface area contributed by atoms with Gasteiger partial charge in [0.25, 0.3) is 0 Å². The van der Waals surface area contributed by atoms with Crippen LogP contribution >= 0.6 is 11.6 Å². The van der Waals surface area contributed by atoms with E-state index in [0.29, 0.717) is 46.5 Å². The first-order valence-corrected chi connectivity index (χ1v) is 17.9. The molecule has 1 unspecified atom stereocenters. The van der Waals surface area contributed by atoms with Gasteiger partial charge >= 0.3 is 0 Å². The Morgan fingerprint density at radius 2 is 1.90 bits per heavy atom. The van der Waals surface area contributed by atoms with Gasteiger partial charge in [0.05, 0.1) is 54.9 Å². The van der Waals surface area contributed by atoms with Crippen molar-refractivity contribution in [3.8, 4) is 22.8 Å². The highest BCUT2D eigenvalue weighted by atomic mass is 35.5. The number of aromatic nitrogens is 6. The summed E-state index contributed by atoms with van der Waals surface area (Å²) in [5, 5.41) is 15.3. The van der Waals surface area contributed by atoms with Gasteiger partial charge in [-0.1, -0.05) is 31.2 Å². The SMILES string of the molecule is Cc1nc2cc(Oc3ccc4ncc(-c5cnn(CC6(O)CCC6)c5)nc4c3Cl)ccc2n1COC(C)[Si](C)(C)C. The molecule has 1 aliphatic carbocycles. The van der Waals surface area contributed by atoms with Gasteiger partial charge in [-0.15, -0.1) is 0 Å². The van der Waals surface area contributed by atoms with Crippen LogP contribution in [0.4, 0.5) is 0 Å². The minimum Gasteiger partial charge on any atom is -0.456 e. The predicted octanol–water partition coefficient (Wildman–Crippen LogP) is 6.75. The number of hydrogen-bond acceptors (Lipinski definition) is 7. The van der Waals surface area contributed by atoms with Crippen LogP contribution in [0.2, 0.25) is 24.7 Å². The number of aryl methyl sites for hydroxylation is 1. The molecule has 1 N–H and O–H groups in total. The Morgan fingerprint density at radius 3 is 2.63 bits per heavy atom. The van der Waals surface area contributed by atoms with Gasteiger partial charge in [0, 0.05) is 23.6 Å². The molecule has 3 aromatic heterocycles. The molecular formula is C30H35ClN6O3Si. The molecule has 2 aromatic carbocycles. The van der Waals surface area contributed by atoms with E-state index in [9.17, 15) is 5.11 Å². The Balaban J connectivity index is 1.23. The normalized spacial score (nSPS) is 15.8. The van der Waals surface area contributed by atoms with Gasteiger partial charge < -0.3 is 19.1 Å². The second kappa shape index (κ2) is 10.5. The average Bonchev–Trinajstić information content (AvgIpc) is 3.50. The lowest BCUT2D eigenvalue weighted by Crippen LogP contribution is -2.41. The highest BCUT2D eigenvalue weighted by Gasteiger charge is 2.35. The lowest BCUT2D eigenvalue weighted by Gasteiger charge is -2.36. The van der Waals surface area contributed by atoms with Crippen molar-refractivity contribution in [3.63, 3.8) is 0 Å². The summed E-state index contributed by atoms with van der Waals surface area (Å²) in [4.78, 5) is 14.1.